The first kappa shape index (κ1) is 11.9. The summed E-state index contributed by atoms with van der Waals surface area (Å²) < 4.78 is 5.59. The zero-order valence-electron chi connectivity index (χ0n) is 10.3. The molecule has 2 aromatic heterocycles. The van der Waals surface area contributed by atoms with E-state index in [0.29, 0.717) is 18.3 Å². The molecule has 2 heterocycles. The molecule has 5 nitrogen and oxygen atoms in total. The molecule has 96 valence electrons. The number of hydrogen-bond acceptors (Lipinski definition) is 6. The van der Waals surface area contributed by atoms with E-state index in [9.17, 15) is 0 Å². The zero-order chi connectivity index (χ0) is 13.1. The number of aromatic nitrogens is 3. The summed E-state index contributed by atoms with van der Waals surface area (Å²) in [5.41, 5.74) is 1.93. The van der Waals surface area contributed by atoms with Crippen LogP contribution in [0.15, 0.2) is 40.1 Å². The Bertz CT molecular complexity index is 662. The van der Waals surface area contributed by atoms with Gasteiger partial charge in [0.2, 0.25) is 11.8 Å². The Labute approximate surface area is 114 Å². The maximum atomic E-state index is 5.59. The fourth-order valence-corrected chi connectivity index (χ4v) is 2.30. The van der Waals surface area contributed by atoms with Crippen LogP contribution in [-0.2, 0) is 6.54 Å². The second kappa shape index (κ2) is 5.19. The Balaban J connectivity index is 1.68. The number of nitrogens with zero attached hydrogens (tertiary/aromatic N) is 3. The third-order valence-corrected chi connectivity index (χ3v) is 3.42. The first-order valence-electron chi connectivity index (χ1n) is 5.85. The lowest BCUT2D eigenvalue weighted by molar-refractivity contribution is 0.515. The number of thiazole rings is 1. The molecule has 0 fully saturated rings. The first-order valence-corrected chi connectivity index (χ1v) is 6.73. The van der Waals surface area contributed by atoms with Gasteiger partial charge < -0.3 is 9.73 Å². The monoisotopic (exact) mass is 272 g/mol. The van der Waals surface area contributed by atoms with Gasteiger partial charge >= 0.3 is 0 Å². The van der Waals surface area contributed by atoms with E-state index in [1.807, 2.05) is 42.6 Å². The Kier molecular flexibility index (Phi) is 3.24. The summed E-state index contributed by atoms with van der Waals surface area (Å²) in [4.78, 5) is 4.31. The smallest absolute Gasteiger partial charge is 0.247 e. The highest BCUT2D eigenvalue weighted by molar-refractivity contribution is 7.13. The zero-order valence-corrected chi connectivity index (χ0v) is 11.1. The molecule has 0 aliphatic carbocycles. The molecule has 0 bridgehead atoms. The second-order valence-electron chi connectivity index (χ2n) is 4.01. The highest BCUT2D eigenvalue weighted by atomic mass is 32.1. The Hall–Kier alpha value is -2.21. The molecule has 0 radical (unpaired) electrons. The number of benzene rings is 1. The van der Waals surface area contributed by atoms with Crippen LogP contribution in [0.3, 0.4) is 0 Å². The van der Waals surface area contributed by atoms with E-state index < -0.39 is 0 Å². The largest absolute Gasteiger partial charge is 0.419 e. The van der Waals surface area contributed by atoms with Crippen LogP contribution in [0, 0.1) is 6.92 Å². The number of nitrogens with one attached hydrogen (secondary N) is 1. The molecular formula is C13H12N4OS. The van der Waals surface area contributed by atoms with Crippen LogP contribution in [-0.4, -0.2) is 15.2 Å². The van der Waals surface area contributed by atoms with Crippen LogP contribution in [0.4, 0.5) is 5.13 Å². The maximum Gasteiger partial charge on any atom is 0.247 e. The molecule has 1 aromatic carbocycles. The maximum absolute atomic E-state index is 5.59. The Morgan fingerprint density at radius 2 is 2.05 bits per heavy atom. The van der Waals surface area contributed by atoms with Gasteiger partial charge in [0.1, 0.15) is 0 Å². The average molecular weight is 272 g/mol. The average Bonchev–Trinajstić information content (AvgIpc) is 3.06. The number of anilines is 1. The molecular weight excluding hydrogens is 260 g/mol. The summed E-state index contributed by atoms with van der Waals surface area (Å²) in [6.07, 6.45) is 0. The normalized spacial score (nSPS) is 10.6. The van der Waals surface area contributed by atoms with Crippen molar-refractivity contribution in [2.75, 3.05) is 5.32 Å². The Morgan fingerprint density at radius 1 is 1.21 bits per heavy atom. The predicted molar refractivity (Wildman–Crippen MR) is 73.9 cm³/mol. The SMILES string of the molecule is Cc1csc(NCc2nnc(-c3ccccc3)o2)n1. The van der Waals surface area contributed by atoms with E-state index in [1.165, 1.54) is 0 Å². The van der Waals surface area contributed by atoms with E-state index in [0.717, 1.165) is 16.4 Å². The fourth-order valence-electron chi connectivity index (χ4n) is 1.61. The molecule has 3 rings (SSSR count). The van der Waals surface area contributed by atoms with Gasteiger partial charge in [0.15, 0.2) is 5.13 Å². The van der Waals surface area contributed by atoms with Gasteiger partial charge in [-0.2, -0.15) is 0 Å². The van der Waals surface area contributed by atoms with E-state index >= 15 is 0 Å². The van der Waals surface area contributed by atoms with Crippen molar-refractivity contribution < 1.29 is 4.42 Å². The van der Waals surface area contributed by atoms with Crippen molar-refractivity contribution in [3.8, 4) is 11.5 Å². The van der Waals surface area contributed by atoms with Crippen LogP contribution >= 0.6 is 11.3 Å². The third-order valence-electron chi connectivity index (χ3n) is 2.50. The van der Waals surface area contributed by atoms with Gasteiger partial charge in [0, 0.05) is 10.9 Å². The molecule has 0 unspecified atom stereocenters. The summed E-state index contributed by atoms with van der Waals surface area (Å²) >= 11 is 1.56. The van der Waals surface area contributed by atoms with Gasteiger partial charge in [0.25, 0.3) is 0 Å². The highest BCUT2D eigenvalue weighted by Gasteiger charge is 2.08. The van der Waals surface area contributed by atoms with E-state index in [4.69, 9.17) is 4.42 Å². The second-order valence-corrected chi connectivity index (χ2v) is 4.87. The minimum Gasteiger partial charge on any atom is -0.419 e. The molecule has 1 N–H and O–H groups in total. The summed E-state index contributed by atoms with van der Waals surface area (Å²) in [6, 6.07) is 9.71. The molecule has 0 aliphatic heterocycles. The summed E-state index contributed by atoms with van der Waals surface area (Å²) in [5, 5.41) is 14.1. The standard InChI is InChI=1S/C13H12N4OS/c1-9-8-19-13(15-9)14-7-11-16-17-12(18-11)10-5-3-2-4-6-10/h2-6,8H,7H2,1H3,(H,14,15). The lowest BCUT2D eigenvalue weighted by Gasteiger charge is -1.97. The van der Waals surface area contributed by atoms with Crippen LogP contribution in [0.2, 0.25) is 0 Å². The van der Waals surface area contributed by atoms with E-state index in [-0.39, 0.29) is 0 Å². The lowest BCUT2D eigenvalue weighted by atomic mass is 10.2. The van der Waals surface area contributed by atoms with Gasteiger partial charge in [-0.05, 0) is 19.1 Å². The molecule has 0 atom stereocenters. The minimum absolute atomic E-state index is 0.479. The summed E-state index contributed by atoms with van der Waals surface area (Å²) in [6.45, 7) is 2.44. The van der Waals surface area contributed by atoms with Crippen molar-refractivity contribution in [1.82, 2.24) is 15.2 Å². The van der Waals surface area contributed by atoms with Crippen molar-refractivity contribution in [3.05, 3.63) is 47.3 Å². The van der Waals surface area contributed by atoms with Gasteiger partial charge in [-0.15, -0.1) is 21.5 Å². The van der Waals surface area contributed by atoms with Gasteiger partial charge in [-0.3, -0.25) is 0 Å². The van der Waals surface area contributed by atoms with Crippen molar-refractivity contribution in [1.29, 1.82) is 0 Å². The molecule has 19 heavy (non-hydrogen) atoms. The van der Waals surface area contributed by atoms with Crippen LogP contribution in [0.5, 0.6) is 0 Å². The minimum atomic E-state index is 0.479. The van der Waals surface area contributed by atoms with Gasteiger partial charge in [-0.1, -0.05) is 18.2 Å². The molecule has 3 aromatic rings. The quantitative estimate of drug-likeness (QED) is 0.790. The predicted octanol–water partition coefficient (Wildman–Crippen LogP) is 3.11. The van der Waals surface area contributed by atoms with Crippen LogP contribution in [0.25, 0.3) is 11.5 Å². The van der Waals surface area contributed by atoms with E-state index in [2.05, 4.69) is 20.5 Å². The third kappa shape index (κ3) is 2.79. The number of rotatable bonds is 4. The summed E-state index contributed by atoms with van der Waals surface area (Å²) in [5.74, 6) is 1.08. The van der Waals surface area contributed by atoms with Crippen molar-refractivity contribution in [2.45, 2.75) is 13.5 Å². The van der Waals surface area contributed by atoms with Crippen LogP contribution < -0.4 is 5.32 Å². The topological polar surface area (TPSA) is 63.8 Å². The fraction of sp³-hybridized carbons (Fsp3) is 0.154. The highest BCUT2D eigenvalue weighted by Crippen LogP contribution is 2.18. The molecule has 0 amide bonds. The molecule has 6 heteroatoms. The molecule has 0 saturated carbocycles. The van der Waals surface area contributed by atoms with E-state index in [1.54, 1.807) is 11.3 Å². The van der Waals surface area contributed by atoms with Gasteiger partial charge in [0.05, 0.1) is 12.2 Å². The van der Waals surface area contributed by atoms with Crippen molar-refractivity contribution in [2.24, 2.45) is 0 Å². The first-order chi connectivity index (χ1) is 9.31. The van der Waals surface area contributed by atoms with Crippen LogP contribution in [0.1, 0.15) is 11.6 Å². The van der Waals surface area contributed by atoms with Crippen molar-refractivity contribution in [3.63, 3.8) is 0 Å². The molecule has 0 aliphatic rings. The van der Waals surface area contributed by atoms with Gasteiger partial charge in [-0.25, -0.2) is 4.98 Å². The van der Waals surface area contributed by atoms with Crippen molar-refractivity contribution >= 4 is 16.5 Å². The molecule has 0 saturated heterocycles. The molecule has 0 spiro atoms. The number of hydrogen-bond donors (Lipinski definition) is 1. The lowest BCUT2D eigenvalue weighted by Crippen LogP contribution is -1.99. The summed E-state index contributed by atoms with van der Waals surface area (Å²) in [7, 11) is 0. The number of aryl methyl sites for hydroxylation is 1. The Morgan fingerprint density at radius 3 is 2.79 bits per heavy atom.